The molecule has 0 spiro atoms. The van der Waals surface area contributed by atoms with Crippen LogP contribution in [0.1, 0.15) is 5.56 Å². The molecule has 0 aliphatic heterocycles. The van der Waals surface area contributed by atoms with E-state index in [1.807, 2.05) is 12.1 Å². The average molecular weight is 273 g/mol. The summed E-state index contributed by atoms with van der Waals surface area (Å²) in [6, 6.07) is 10.2. The molecule has 6 nitrogen and oxygen atoms in total. The first kappa shape index (κ1) is 13.8. The summed E-state index contributed by atoms with van der Waals surface area (Å²) in [6.45, 7) is 0.705. The molecule has 1 aromatic carbocycles. The number of methoxy groups -OCH3 is 1. The summed E-state index contributed by atoms with van der Waals surface area (Å²) in [4.78, 5) is 14.3. The number of rotatable bonds is 6. The predicted molar refractivity (Wildman–Crippen MR) is 76.1 cm³/mol. The molecule has 1 N–H and O–H groups in total. The van der Waals surface area contributed by atoms with Gasteiger partial charge in [0.25, 0.3) is 5.69 Å². The first-order chi connectivity index (χ1) is 9.69. The van der Waals surface area contributed by atoms with E-state index in [2.05, 4.69) is 10.3 Å². The lowest BCUT2D eigenvalue weighted by molar-refractivity contribution is -0.384. The minimum absolute atomic E-state index is 0.110. The van der Waals surface area contributed by atoms with E-state index in [1.54, 1.807) is 25.4 Å². The molecule has 0 saturated heterocycles. The second-order valence-electron chi connectivity index (χ2n) is 4.18. The molecule has 6 heteroatoms. The van der Waals surface area contributed by atoms with Gasteiger partial charge in [-0.15, -0.1) is 0 Å². The van der Waals surface area contributed by atoms with Crippen molar-refractivity contribution in [3.63, 3.8) is 0 Å². The Balaban J connectivity index is 1.84. The number of anilines is 1. The van der Waals surface area contributed by atoms with E-state index < -0.39 is 4.92 Å². The van der Waals surface area contributed by atoms with Crippen LogP contribution < -0.4 is 10.1 Å². The molecule has 0 fully saturated rings. The first-order valence-electron chi connectivity index (χ1n) is 6.16. The molecular weight excluding hydrogens is 258 g/mol. The fourth-order valence-corrected chi connectivity index (χ4v) is 1.72. The number of hydrogen-bond acceptors (Lipinski definition) is 5. The van der Waals surface area contributed by atoms with Crippen LogP contribution in [0.5, 0.6) is 5.75 Å². The summed E-state index contributed by atoms with van der Waals surface area (Å²) in [6.07, 6.45) is 2.42. The largest absolute Gasteiger partial charge is 0.495 e. The van der Waals surface area contributed by atoms with Crippen LogP contribution in [-0.2, 0) is 6.42 Å². The van der Waals surface area contributed by atoms with Crippen LogP contribution in [-0.4, -0.2) is 23.6 Å². The van der Waals surface area contributed by atoms with Crippen LogP contribution in [0.2, 0.25) is 0 Å². The highest BCUT2D eigenvalue weighted by molar-refractivity contribution is 5.38. The standard InChI is InChI=1S/C14H15N3O3/c1-20-13-6-7-14(16-10-13)15-9-8-11-2-4-12(5-3-11)17(18)19/h2-7,10H,8-9H2,1H3,(H,15,16). The van der Waals surface area contributed by atoms with Crippen molar-refractivity contribution in [3.8, 4) is 5.75 Å². The van der Waals surface area contributed by atoms with Gasteiger partial charge in [-0.05, 0) is 24.1 Å². The van der Waals surface area contributed by atoms with E-state index in [-0.39, 0.29) is 5.69 Å². The van der Waals surface area contributed by atoms with Crippen LogP contribution in [0.15, 0.2) is 42.6 Å². The van der Waals surface area contributed by atoms with Crippen molar-refractivity contribution in [1.82, 2.24) is 4.98 Å². The van der Waals surface area contributed by atoms with Crippen LogP contribution in [0.4, 0.5) is 11.5 Å². The number of pyridine rings is 1. The quantitative estimate of drug-likeness (QED) is 0.646. The maximum Gasteiger partial charge on any atom is 0.269 e. The molecular formula is C14H15N3O3. The van der Waals surface area contributed by atoms with E-state index >= 15 is 0 Å². The minimum atomic E-state index is -0.399. The summed E-state index contributed by atoms with van der Waals surface area (Å²) >= 11 is 0. The lowest BCUT2D eigenvalue weighted by Crippen LogP contribution is -2.06. The number of aromatic nitrogens is 1. The van der Waals surface area contributed by atoms with E-state index in [0.29, 0.717) is 12.3 Å². The minimum Gasteiger partial charge on any atom is -0.495 e. The second-order valence-corrected chi connectivity index (χ2v) is 4.18. The zero-order valence-electron chi connectivity index (χ0n) is 11.1. The van der Waals surface area contributed by atoms with Crippen molar-refractivity contribution in [2.75, 3.05) is 19.0 Å². The van der Waals surface area contributed by atoms with Crippen molar-refractivity contribution >= 4 is 11.5 Å². The molecule has 0 atom stereocenters. The Hall–Kier alpha value is -2.63. The number of nitrogens with one attached hydrogen (secondary N) is 1. The zero-order valence-corrected chi connectivity index (χ0v) is 11.1. The van der Waals surface area contributed by atoms with Gasteiger partial charge in [-0.1, -0.05) is 12.1 Å². The van der Waals surface area contributed by atoms with Gasteiger partial charge in [-0.25, -0.2) is 4.98 Å². The Bertz CT molecular complexity index is 567. The number of hydrogen-bond donors (Lipinski definition) is 1. The number of ether oxygens (including phenoxy) is 1. The Morgan fingerprint density at radius 2 is 2.00 bits per heavy atom. The third-order valence-corrected chi connectivity index (χ3v) is 2.84. The lowest BCUT2D eigenvalue weighted by atomic mass is 10.1. The Morgan fingerprint density at radius 1 is 1.25 bits per heavy atom. The van der Waals surface area contributed by atoms with Crippen molar-refractivity contribution in [2.45, 2.75) is 6.42 Å². The summed E-state index contributed by atoms with van der Waals surface area (Å²) in [5.74, 6) is 1.48. The van der Waals surface area contributed by atoms with Crippen molar-refractivity contribution < 1.29 is 9.66 Å². The zero-order chi connectivity index (χ0) is 14.4. The number of benzene rings is 1. The van der Waals surface area contributed by atoms with E-state index in [4.69, 9.17) is 4.74 Å². The lowest BCUT2D eigenvalue weighted by Gasteiger charge is -2.06. The summed E-state index contributed by atoms with van der Waals surface area (Å²) in [5.41, 5.74) is 1.15. The van der Waals surface area contributed by atoms with Crippen LogP contribution in [0, 0.1) is 10.1 Å². The van der Waals surface area contributed by atoms with Gasteiger partial charge in [0.2, 0.25) is 0 Å². The number of nitro groups is 1. The maximum absolute atomic E-state index is 10.5. The van der Waals surface area contributed by atoms with Gasteiger partial charge in [0, 0.05) is 18.7 Å². The molecule has 0 bridgehead atoms. The van der Waals surface area contributed by atoms with Gasteiger partial charge in [0.05, 0.1) is 18.2 Å². The molecule has 0 unspecified atom stereocenters. The van der Waals surface area contributed by atoms with Gasteiger partial charge in [0.15, 0.2) is 0 Å². The molecule has 0 aliphatic carbocycles. The highest BCUT2D eigenvalue weighted by Gasteiger charge is 2.03. The topological polar surface area (TPSA) is 77.3 Å². The maximum atomic E-state index is 10.5. The van der Waals surface area contributed by atoms with E-state index in [0.717, 1.165) is 17.8 Å². The number of nitro benzene ring substituents is 1. The predicted octanol–water partition coefficient (Wildman–Crippen LogP) is 2.65. The average Bonchev–Trinajstić information content (AvgIpc) is 2.48. The highest BCUT2D eigenvalue weighted by atomic mass is 16.6. The normalized spacial score (nSPS) is 10.1. The smallest absolute Gasteiger partial charge is 0.269 e. The van der Waals surface area contributed by atoms with Crippen LogP contribution in [0.3, 0.4) is 0 Å². The third-order valence-electron chi connectivity index (χ3n) is 2.84. The second kappa shape index (κ2) is 6.51. The molecule has 1 aromatic heterocycles. The number of non-ortho nitro benzene ring substituents is 1. The Labute approximate surface area is 116 Å². The number of nitrogens with zero attached hydrogens (tertiary/aromatic N) is 2. The summed E-state index contributed by atoms with van der Waals surface area (Å²) in [5, 5.41) is 13.7. The molecule has 0 amide bonds. The third kappa shape index (κ3) is 3.68. The fraction of sp³-hybridized carbons (Fsp3) is 0.214. The van der Waals surface area contributed by atoms with Crippen molar-refractivity contribution in [1.29, 1.82) is 0 Å². The molecule has 20 heavy (non-hydrogen) atoms. The van der Waals surface area contributed by atoms with Gasteiger partial charge in [-0.2, -0.15) is 0 Å². The molecule has 104 valence electrons. The van der Waals surface area contributed by atoms with E-state index in [9.17, 15) is 10.1 Å². The van der Waals surface area contributed by atoms with Gasteiger partial charge in [-0.3, -0.25) is 10.1 Å². The first-order valence-corrected chi connectivity index (χ1v) is 6.16. The molecule has 2 aromatic rings. The van der Waals surface area contributed by atoms with Gasteiger partial charge >= 0.3 is 0 Å². The highest BCUT2D eigenvalue weighted by Crippen LogP contribution is 2.13. The Kier molecular flexibility index (Phi) is 4.49. The molecule has 0 radical (unpaired) electrons. The fourth-order valence-electron chi connectivity index (χ4n) is 1.72. The molecule has 1 heterocycles. The van der Waals surface area contributed by atoms with Crippen LogP contribution in [0.25, 0.3) is 0 Å². The summed E-state index contributed by atoms with van der Waals surface area (Å²) in [7, 11) is 1.60. The monoisotopic (exact) mass is 273 g/mol. The van der Waals surface area contributed by atoms with Crippen LogP contribution >= 0.6 is 0 Å². The van der Waals surface area contributed by atoms with Gasteiger partial charge < -0.3 is 10.1 Å². The SMILES string of the molecule is COc1ccc(NCCc2ccc([N+](=O)[O-])cc2)nc1. The molecule has 0 aliphatic rings. The Morgan fingerprint density at radius 3 is 2.55 bits per heavy atom. The molecule has 0 saturated carbocycles. The van der Waals surface area contributed by atoms with Crippen molar-refractivity contribution in [2.24, 2.45) is 0 Å². The van der Waals surface area contributed by atoms with Gasteiger partial charge in [0.1, 0.15) is 11.6 Å². The summed E-state index contributed by atoms with van der Waals surface area (Å²) < 4.78 is 5.03. The molecule has 2 rings (SSSR count). The van der Waals surface area contributed by atoms with E-state index in [1.165, 1.54) is 12.1 Å². The van der Waals surface area contributed by atoms with Crippen molar-refractivity contribution in [3.05, 3.63) is 58.3 Å².